The summed E-state index contributed by atoms with van der Waals surface area (Å²) in [6.45, 7) is 5.55. The molecule has 3 rings (SSSR count). The lowest BCUT2D eigenvalue weighted by Gasteiger charge is -2.24. The minimum atomic E-state index is -0.335. The number of halogens is 1. The molecule has 0 spiro atoms. The van der Waals surface area contributed by atoms with E-state index >= 15 is 0 Å². The molecule has 0 saturated carbocycles. The summed E-state index contributed by atoms with van der Waals surface area (Å²) in [6, 6.07) is 2.24. The minimum Gasteiger partial charge on any atom is -0.385 e. The maximum absolute atomic E-state index is 13.2. The monoisotopic (exact) mass is 306 g/mol. The largest absolute Gasteiger partial charge is 0.385 e. The molecular weight excluding hydrogens is 279 g/mol. The third kappa shape index (κ3) is 3.49. The molecule has 4 heteroatoms. The van der Waals surface area contributed by atoms with E-state index in [1.54, 1.807) is 19.4 Å². The second kappa shape index (κ2) is 7.05. The number of aryl methyl sites for hydroxylation is 1. The fourth-order valence-electron chi connectivity index (χ4n) is 4.12. The Balaban J connectivity index is 1.53. The first-order valence-corrected chi connectivity index (χ1v) is 8.54. The van der Waals surface area contributed by atoms with Crippen LogP contribution in [0.5, 0.6) is 0 Å². The van der Waals surface area contributed by atoms with Gasteiger partial charge in [0.2, 0.25) is 5.95 Å². The van der Waals surface area contributed by atoms with Crippen LogP contribution in [0.1, 0.15) is 49.7 Å². The van der Waals surface area contributed by atoms with Crippen LogP contribution >= 0.6 is 0 Å². The Labute approximate surface area is 132 Å². The van der Waals surface area contributed by atoms with Crippen molar-refractivity contribution < 1.29 is 9.13 Å². The molecule has 1 fully saturated rings. The number of pyridine rings is 1. The molecule has 3 atom stereocenters. The predicted octanol–water partition coefficient (Wildman–Crippen LogP) is 3.39. The Bertz CT molecular complexity index is 508. The van der Waals surface area contributed by atoms with E-state index in [0.29, 0.717) is 12.0 Å². The van der Waals surface area contributed by atoms with E-state index in [9.17, 15) is 4.39 Å². The fraction of sp³-hybridized carbons (Fsp3) is 0.722. The van der Waals surface area contributed by atoms with Gasteiger partial charge in [-0.15, -0.1) is 0 Å². The van der Waals surface area contributed by atoms with E-state index in [2.05, 4.69) is 16.8 Å². The average Bonchev–Trinajstić information content (AvgIpc) is 3.12. The van der Waals surface area contributed by atoms with E-state index in [4.69, 9.17) is 4.74 Å². The van der Waals surface area contributed by atoms with E-state index in [1.807, 2.05) is 0 Å². The van der Waals surface area contributed by atoms with Crippen molar-refractivity contribution in [3.63, 3.8) is 0 Å². The van der Waals surface area contributed by atoms with Gasteiger partial charge in [-0.1, -0.05) is 0 Å². The Morgan fingerprint density at radius 1 is 1.45 bits per heavy atom. The highest BCUT2D eigenvalue weighted by Crippen LogP contribution is 2.39. The van der Waals surface area contributed by atoms with Gasteiger partial charge in [-0.3, -0.25) is 0 Å². The predicted molar refractivity (Wildman–Crippen MR) is 85.5 cm³/mol. The molecule has 1 aromatic heterocycles. The lowest BCUT2D eigenvalue weighted by Crippen LogP contribution is -2.32. The van der Waals surface area contributed by atoms with Crippen LogP contribution < -0.4 is 0 Å². The zero-order valence-corrected chi connectivity index (χ0v) is 13.7. The number of hydrogen-bond donors (Lipinski definition) is 0. The molecule has 1 aromatic rings. The van der Waals surface area contributed by atoms with Crippen LogP contribution in [0.4, 0.5) is 4.39 Å². The topological polar surface area (TPSA) is 25.4 Å². The summed E-state index contributed by atoms with van der Waals surface area (Å²) >= 11 is 0. The fourth-order valence-corrected chi connectivity index (χ4v) is 4.12. The van der Waals surface area contributed by atoms with Crippen molar-refractivity contribution in [2.75, 3.05) is 26.8 Å². The molecule has 1 aliphatic carbocycles. The summed E-state index contributed by atoms with van der Waals surface area (Å²) in [5, 5.41) is 0. The molecule has 2 aliphatic rings. The van der Waals surface area contributed by atoms with Crippen LogP contribution in [0.2, 0.25) is 0 Å². The Hall–Kier alpha value is -1.00. The first kappa shape index (κ1) is 15.9. The maximum Gasteiger partial charge on any atom is 0.213 e. The Morgan fingerprint density at radius 3 is 3.14 bits per heavy atom. The van der Waals surface area contributed by atoms with Crippen molar-refractivity contribution in [3.05, 3.63) is 29.3 Å². The van der Waals surface area contributed by atoms with Crippen LogP contribution in [-0.4, -0.2) is 42.7 Å². The minimum absolute atomic E-state index is 0.335. The highest BCUT2D eigenvalue weighted by Gasteiger charge is 2.31. The maximum atomic E-state index is 13.2. The molecule has 3 nitrogen and oxygen atoms in total. The SMILES string of the molecule is COCCC(C)N1CC[C@@H](CC2CCc3cc(F)ncc32)C1. The smallest absolute Gasteiger partial charge is 0.213 e. The highest BCUT2D eigenvalue weighted by atomic mass is 19.1. The third-order valence-electron chi connectivity index (χ3n) is 5.49. The van der Waals surface area contributed by atoms with E-state index in [-0.39, 0.29) is 5.95 Å². The molecule has 122 valence electrons. The van der Waals surface area contributed by atoms with Gasteiger partial charge in [-0.05, 0) is 74.6 Å². The Morgan fingerprint density at radius 2 is 2.32 bits per heavy atom. The van der Waals surface area contributed by atoms with Gasteiger partial charge in [0.05, 0.1) is 0 Å². The van der Waals surface area contributed by atoms with Crippen LogP contribution in [-0.2, 0) is 11.2 Å². The standard InChI is InChI=1S/C18H27FN2O/c1-13(6-8-22-2)21-7-5-14(12-21)9-15-3-4-16-10-18(19)20-11-17(15)16/h10-11,13-15H,3-9,12H2,1-2H3/t13?,14-,15?/m0/s1. The van der Waals surface area contributed by atoms with E-state index in [1.165, 1.54) is 37.1 Å². The van der Waals surface area contributed by atoms with Gasteiger partial charge in [-0.2, -0.15) is 4.39 Å². The third-order valence-corrected chi connectivity index (χ3v) is 5.49. The lowest BCUT2D eigenvalue weighted by atomic mass is 9.90. The first-order valence-electron chi connectivity index (χ1n) is 8.54. The second-order valence-electron chi connectivity index (χ2n) is 6.96. The van der Waals surface area contributed by atoms with Crippen molar-refractivity contribution in [1.82, 2.24) is 9.88 Å². The normalized spacial score (nSPS) is 26.3. The molecule has 2 unspecified atom stereocenters. The molecular formula is C18H27FN2O. The van der Waals surface area contributed by atoms with Crippen LogP contribution in [0, 0.1) is 11.9 Å². The lowest BCUT2D eigenvalue weighted by molar-refractivity contribution is 0.149. The molecule has 2 heterocycles. The number of hydrogen-bond acceptors (Lipinski definition) is 3. The van der Waals surface area contributed by atoms with Crippen molar-refractivity contribution >= 4 is 0 Å². The van der Waals surface area contributed by atoms with Gasteiger partial charge in [0.15, 0.2) is 0 Å². The number of rotatable bonds is 6. The molecule has 0 amide bonds. The molecule has 1 saturated heterocycles. The molecule has 22 heavy (non-hydrogen) atoms. The van der Waals surface area contributed by atoms with Gasteiger partial charge >= 0.3 is 0 Å². The summed E-state index contributed by atoms with van der Waals surface area (Å²) in [4.78, 5) is 6.46. The average molecular weight is 306 g/mol. The summed E-state index contributed by atoms with van der Waals surface area (Å²) < 4.78 is 18.4. The van der Waals surface area contributed by atoms with Crippen LogP contribution in [0.3, 0.4) is 0 Å². The van der Waals surface area contributed by atoms with Crippen molar-refractivity contribution in [1.29, 1.82) is 0 Å². The van der Waals surface area contributed by atoms with E-state index in [0.717, 1.165) is 31.8 Å². The Kier molecular flexibility index (Phi) is 5.09. The molecule has 0 N–H and O–H groups in total. The number of aromatic nitrogens is 1. The number of fused-ring (bicyclic) bond motifs is 1. The molecule has 0 radical (unpaired) electrons. The van der Waals surface area contributed by atoms with Gasteiger partial charge in [0.1, 0.15) is 0 Å². The van der Waals surface area contributed by atoms with Crippen LogP contribution in [0.15, 0.2) is 12.3 Å². The van der Waals surface area contributed by atoms with Crippen molar-refractivity contribution in [2.45, 2.75) is 51.0 Å². The van der Waals surface area contributed by atoms with E-state index < -0.39 is 0 Å². The zero-order chi connectivity index (χ0) is 15.5. The summed E-state index contributed by atoms with van der Waals surface area (Å²) in [5.41, 5.74) is 2.48. The quantitative estimate of drug-likeness (QED) is 0.753. The second-order valence-corrected chi connectivity index (χ2v) is 6.96. The number of methoxy groups -OCH3 is 1. The van der Waals surface area contributed by atoms with Gasteiger partial charge < -0.3 is 9.64 Å². The molecule has 0 bridgehead atoms. The first-order chi connectivity index (χ1) is 10.7. The van der Waals surface area contributed by atoms with Crippen molar-refractivity contribution in [2.24, 2.45) is 5.92 Å². The number of likely N-dealkylation sites (tertiary alicyclic amines) is 1. The van der Waals surface area contributed by atoms with Gasteiger partial charge in [-0.25, -0.2) is 4.98 Å². The van der Waals surface area contributed by atoms with Crippen LogP contribution in [0.25, 0.3) is 0 Å². The summed E-state index contributed by atoms with van der Waals surface area (Å²) in [6.07, 6.45) is 7.58. The highest BCUT2D eigenvalue weighted by molar-refractivity contribution is 5.32. The van der Waals surface area contributed by atoms with Crippen molar-refractivity contribution in [3.8, 4) is 0 Å². The summed E-state index contributed by atoms with van der Waals surface area (Å²) in [5.74, 6) is 1.02. The summed E-state index contributed by atoms with van der Waals surface area (Å²) in [7, 11) is 1.77. The van der Waals surface area contributed by atoms with Gasteiger partial charge in [0, 0.05) is 32.5 Å². The molecule has 1 aliphatic heterocycles. The molecule has 0 aromatic carbocycles. The van der Waals surface area contributed by atoms with Gasteiger partial charge in [0.25, 0.3) is 0 Å². The number of nitrogens with zero attached hydrogens (tertiary/aromatic N) is 2. The number of ether oxygens (including phenoxy) is 1. The zero-order valence-electron chi connectivity index (χ0n) is 13.7.